The fourth-order valence-corrected chi connectivity index (χ4v) is 3.08. The van der Waals surface area contributed by atoms with Crippen LogP contribution in [0.4, 0.5) is 5.82 Å². The van der Waals surface area contributed by atoms with E-state index >= 15 is 0 Å². The SMILES string of the molecule is C[C@H]1CN(c2ccccn2)C[C@@H]1NC(=O)c1cc(C2CC2)on1. The first-order valence-corrected chi connectivity index (χ1v) is 8.14. The zero-order valence-corrected chi connectivity index (χ0v) is 13.1. The molecule has 6 heteroatoms. The van der Waals surface area contributed by atoms with Gasteiger partial charge in [-0.05, 0) is 30.9 Å². The van der Waals surface area contributed by atoms with Gasteiger partial charge in [0.1, 0.15) is 11.6 Å². The van der Waals surface area contributed by atoms with Gasteiger partial charge in [-0.2, -0.15) is 0 Å². The Bertz CT molecular complexity index is 696. The molecule has 0 unspecified atom stereocenters. The summed E-state index contributed by atoms with van der Waals surface area (Å²) in [5.74, 6) is 2.46. The van der Waals surface area contributed by atoms with Gasteiger partial charge < -0.3 is 14.7 Å². The van der Waals surface area contributed by atoms with Crippen LogP contribution >= 0.6 is 0 Å². The molecule has 1 saturated carbocycles. The third kappa shape index (κ3) is 2.93. The van der Waals surface area contributed by atoms with Crippen LogP contribution in [0.3, 0.4) is 0 Å². The molecule has 2 aromatic heterocycles. The monoisotopic (exact) mass is 312 g/mol. The second kappa shape index (κ2) is 5.68. The zero-order valence-electron chi connectivity index (χ0n) is 13.1. The minimum Gasteiger partial charge on any atom is -0.360 e. The Morgan fingerprint density at radius 1 is 1.35 bits per heavy atom. The van der Waals surface area contributed by atoms with E-state index in [9.17, 15) is 4.79 Å². The van der Waals surface area contributed by atoms with Crippen LogP contribution in [0.25, 0.3) is 0 Å². The van der Waals surface area contributed by atoms with Gasteiger partial charge in [0.05, 0.1) is 6.04 Å². The highest BCUT2D eigenvalue weighted by molar-refractivity contribution is 5.92. The van der Waals surface area contributed by atoms with Crippen LogP contribution < -0.4 is 10.2 Å². The maximum atomic E-state index is 12.4. The molecule has 6 nitrogen and oxygen atoms in total. The summed E-state index contributed by atoms with van der Waals surface area (Å²) in [6.07, 6.45) is 4.06. The number of anilines is 1. The number of amides is 1. The summed E-state index contributed by atoms with van der Waals surface area (Å²) in [6, 6.07) is 7.75. The molecule has 0 bridgehead atoms. The van der Waals surface area contributed by atoms with E-state index in [2.05, 4.69) is 27.3 Å². The van der Waals surface area contributed by atoms with Crippen LogP contribution in [0, 0.1) is 5.92 Å². The van der Waals surface area contributed by atoms with Crippen LogP contribution in [0.1, 0.15) is 41.9 Å². The molecule has 2 atom stereocenters. The number of carbonyl (C=O) groups excluding carboxylic acids is 1. The van der Waals surface area contributed by atoms with Crippen molar-refractivity contribution >= 4 is 11.7 Å². The van der Waals surface area contributed by atoms with E-state index in [1.807, 2.05) is 18.2 Å². The Balaban J connectivity index is 1.40. The molecular formula is C17H20N4O2. The first-order valence-electron chi connectivity index (χ1n) is 8.14. The highest BCUT2D eigenvalue weighted by Gasteiger charge is 2.33. The third-order valence-corrected chi connectivity index (χ3v) is 4.64. The first-order chi connectivity index (χ1) is 11.2. The number of nitrogens with zero attached hydrogens (tertiary/aromatic N) is 3. The quantitative estimate of drug-likeness (QED) is 0.937. The van der Waals surface area contributed by atoms with Crippen LogP contribution in [-0.4, -0.2) is 35.2 Å². The van der Waals surface area contributed by atoms with Crippen LogP contribution in [-0.2, 0) is 0 Å². The number of nitrogens with one attached hydrogen (secondary N) is 1. The average molecular weight is 312 g/mol. The molecule has 23 heavy (non-hydrogen) atoms. The third-order valence-electron chi connectivity index (χ3n) is 4.64. The summed E-state index contributed by atoms with van der Waals surface area (Å²) in [5.41, 5.74) is 0.385. The van der Waals surface area contributed by atoms with Gasteiger partial charge >= 0.3 is 0 Å². The van der Waals surface area contributed by atoms with E-state index in [0.29, 0.717) is 17.5 Å². The van der Waals surface area contributed by atoms with E-state index in [-0.39, 0.29) is 11.9 Å². The number of pyridine rings is 1. The van der Waals surface area contributed by atoms with Gasteiger partial charge in [-0.15, -0.1) is 0 Å². The summed E-state index contributed by atoms with van der Waals surface area (Å²) < 4.78 is 5.26. The molecule has 1 N–H and O–H groups in total. The molecule has 1 saturated heterocycles. The lowest BCUT2D eigenvalue weighted by atomic mass is 10.1. The maximum absolute atomic E-state index is 12.4. The molecule has 0 aromatic carbocycles. The van der Waals surface area contributed by atoms with Crippen LogP contribution in [0.5, 0.6) is 0 Å². The summed E-state index contributed by atoms with van der Waals surface area (Å²) in [5, 5.41) is 7.00. The van der Waals surface area contributed by atoms with E-state index in [0.717, 1.165) is 37.5 Å². The van der Waals surface area contributed by atoms with E-state index in [1.165, 1.54) is 0 Å². The van der Waals surface area contributed by atoms with Crippen molar-refractivity contribution < 1.29 is 9.32 Å². The van der Waals surface area contributed by atoms with Gasteiger partial charge in [0.15, 0.2) is 5.69 Å². The zero-order chi connectivity index (χ0) is 15.8. The molecule has 120 valence electrons. The number of aromatic nitrogens is 2. The van der Waals surface area contributed by atoms with E-state index in [1.54, 1.807) is 12.3 Å². The lowest BCUT2D eigenvalue weighted by Gasteiger charge is -2.17. The Morgan fingerprint density at radius 3 is 2.96 bits per heavy atom. The summed E-state index contributed by atoms with van der Waals surface area (Å²) in [6.45, 7) is 3.79. The number of carbonyl (C=O) groups is 1. The predicted octanol–water partition coefficient (Wildman–Crippen LogP) is 2.20. The Morgan fingerprint density at radius 2 is 2.22 bits per heavy atom. The number of hydrogen-bond acceptors (Lipinski definition) is 5. The molecule has 1 aliphatic carbocycles. The highest BCUT2D eigenvalue weighted by Crippen LogP contribution is 2.40. The van der Waals surface area contributed by atoms with Gasteiger partial charge in [-0.25, -0.2) is 4.98 Å². The molecule has 3 heterocycles. The Kier molecular flexibility index (Phi) is 3.52. The molecule has 0 spiro atoms. The standard InChI is InChI=1S/C17H20N4O2/c1-11-9-21(16-4-2-3-7-18-16)10-14(11)19-17(22)13-8-15(23-20-13)12-5-6-12/h2-4,7-8,11-12,14H,5-6,9-10H2,1H3,(H,19,22)/t11-,14-/m0/s1. The van der Waals surface area contributed by atoms with Gasteiger partial charge in [0.25, 0.3) is 5.91 Å². The molecular weight excluding hydrogens is 292 g/mol. The fourth-order valence-electron chi connectivity index (χ4n) is 3.08. The highest BCUT2D eigenvalue weighted by atomic mass is 16.5. The molecule has 2 aromatic rings. The Labute approximate surface area is 134 Å². The van der Waals surface area contributed by atoms with E-state index in [4.69, 9.17) is 4.52 Å². The van der Waals surface area contributed by atoms with Crippen LogP contribution in [0.15, 0.2) is 35.0 Å². The average Bonchev–Trinajstić information content (AvgIpc) is 3.18. The van der Waals surface area contributed by atoms with Gasteiger partial charge in [0, 0.05) is 31.3 Å². The number of hydrogen-bond donors (Lipinski definition) is 1. The molecule has 1 aliphatic heterocycles. The first kappa shape index (κ1) is 14.2. The van der Waals surface area contributed by atoms with Crippen molar-refractivity contribution in [1.29, 1.82) is 0 Å². The minimum absolute atomic E-state index is 0.0885. The maximum Gasteiger partial charge on any atom is 0.273 e. The van der Waals surface area contributed by atoms with Crippen molar-refractivity contribution in [2.45, 2.75) is 31.7 Å². The lowest BCUT2D eigenvalue weighted by molar-refractivity contribution is 0.0924. The topological polar surface area (TPSA) is 71.3 Å². The van der Waals surface area contributed by atoms with E-state index < -0.39 is 0 Å². The smallest absolute Gasteiger partial charge is 0.273 e. The molecule has 1 amide bonds. The minimum atomic E-state index is -0.152. The Hall–Kier alpha value is -2.37. The fraction of sp³-hybridized carbons (Fsp3) is 0.471. The van der Waals surface area contributed by atoms with Crippen molar-refractivity contribution in [3.05, 3.63) is 41.9 Å². The summed E-state index contributed by atoms with van der Waals surface area (Å²) in [4.78, 5) is 19.0. The lowest BCUT2D eigenvalue weighted by Crippen LogP contribution is -2.40. The van der Waals surface area contributed by atoms with Crippen molar-refractivity contribution in [3.8, 4) is 0 Å². The van der Waals surface area contributed by atoms with Crippen molar-refractivity contribution in [3.63, 3.8) is 0 Å². The molecule has 2 aliphatic rings. The second-order valence-electron chi connectivity index (χ2n) is 6.54. The predicted molar refractivity (Wildman–Crippen MR) is 85.3 cm³/mol. The van der Waals surface area contributed by atoms with Crippen molar-refractivity contribution in [1.82, 2.24) is 15.5 Å². The van der Waals surface area contributed by atoms with Gasteiger partial charge in [-0.1, -0.05) is 18.1 Å². The van der Waals surface area contributed by atoms with Crippen molar-refractivity contribution in [2.75, 3.05) is 18.0 Å². The van der Waals surface area contributed by atoms with Crippen molar-refractivity contribution in [2.24, 2.45) is 5.92 Å². The normalized spacial score (nSPS) is 24.0. The largest absolute Gasteiger partial charge is 0.360 e. The van der Waals surface area contributed by atoms with Gasteiger partial charge in [0.2, 0.25) is 0 Å². The second-order valence-corrected chi connectivity index (χ2v) is 6.54. The molecule has 0 radical (unpaired) electrons. The van der Waals surface area contributed by atoms with Gasteiger partial charge in [-0.3, -0.25) is 4.79 Å². The van der Waals surface area contributed by atoms with Crippen LogP contribution in [0.2, 0.25) is 0 Å². The molecule has 2 fully saturated rings. The summed E-state index contributed by atoms with van der Waals surface area (Å²) in [7, 11) is 0. The number of rotatable bonds is 4. The molecule has 4 rings (SSSR count). The summed E-state index contributed by atoms with van der Waals surface area (Å²) >= 11 is 0.